The van der Waals surface area contributed by atoms with Crippen molar-refractivity contribution in [1.29, 1.82) is 0 Å². The molecule has 0 radical (unpaired) electrons. The van der Waals surface area contributed by atoms with Gasteiger partial charge in [-0.2, -0.15) is 5.10 Å². The molecule has 1 aromatic heterocycles. The van der Waals surface area contributed by atoms with Crippen LogP contribution in [0.5, 0.6) is 0 Å². The van der Waals surface area contributed by atoms with Gasteiger partial charge in [0.25, 0.3) is 0 Å². The number of Topliss-reactive ketones (excluding diaryl/α,β-unsaturated/α-hetero) is 1. The fourth-order valence-electron chi connectivity index (χ4n) is 1.57. The maximum absolute atomic E-state index is 12.7. The van der Waals surface area contributed by atoms with Gasteiger partial charge in [-0.3, -0.25) is 9.48 Å². The minimum absolute atomic E-state index is 0.00342. The Labute approximate surface area is 98.9 Å². The fraction of sp³-hybridized carbons (Fsp3) is 0.231. The van der Waals surface area contributed by atoms with Crippen molar-refractivity contribution in [1.82, 2.24) is 9.78 Å². The standard InChI is InChI=1S/C13H13FN2O/c1-2-16-9-11(8-15-16)13(17)7-10-3-5-12(14)6-4-10/h3-6,8-9H,2,7H2,1H3. The van der Waals surface area contributed by atoms with E-state index in [1.54, 1.807) is 29.2 Å². The number of halogens is 1. The van der Waals surface area contributed by atoms with Crippen molar-refractivity contribution in [3.8, 4) is 0 Å². The zero-order valence-corrected chi connectivity index (χ0v) is 9.56. The molecule has 0 unspecified atom stereocenters. The van der Waals surface area contributed by atoms with Crippen LogP contribution in [0.4, 0.5) is 4.39 Å². The van der Waals surface area contributed by atoms with Crippen LogP contribution in [-0.2, 0) is 13.0 Å². The molecule has 0 saturated carbocycles. The molecule has 2 aromatic rings. The highest BCUT2D eigenvalue weighted by atomic mass is 19.1. The third kappa shape index (κ3) is 2.78. The van der Waals surface area contributed by atoms with Crippen LogP contribution in [0, 0.1) is 5.82 Å². The molecule has 17 heavy (non-hydrogen) atoms. The number of carbonyl (C=O) groups is 1. The number of nitrogens with zero attached hydrogens (tertiary/aromatic N) is 2. The van der Waals surface area contributed by atoms with Crippen LogP contribution in [0.25, 0.3) is 0 Å². The van der Waals surface area contributed by atoms with Crippen LogP contribution in [-0.4, -0.2) is 15.6 Å². The summed E-state index contributed by atoms with van der Waals surface area (Å²) in [4.78, 5) is 11.9. The largest absolute Gasteiger partial charge is 0.294 e. The topological polar surface area (TPSA) is 34.9 Å². The maximum atomic E-state index is 12.7. The summed E-state index contributed by atoms with van der Waals surface area (Å²) in [5.41, 5.74) is 1.40. The quantitative estimate of drug-likeness (QED) is 0.759. The lowest BCUT2D eigenvalue weighted by Crippen LogP contribution is -2.02. The summed E-state index contributed by atoms with van der Waals surface area (Å²) >= 11 is 0. The zero-order valence-electron chi connectivity index (χ0n) is 9.56. The van der Waals surface area contributed by atoms with E-state index in [9.17, 15) is 9.18 Å². The van der Waals surface area contributed by atoms with Crippen LogP contribution >= 0.6 is 0 Å². The van der Waals surface area contributed by atoms with Gasteiger partial charge >= 0.3 is 0 Å². The summed E-state index contributed by atoms with van der Waals surface area (Å²) in [5, 5.41) is 4.05. The molecule has 2 rings (SSSR count). The third-order valence-electron chi connectivity index (χ3n) is 2.56. The molecule has 0 atom stereocenters. The van der Waals surface area contributed by atoms with Crippen molar-refractivity contribution >= 4 is 5.78 Å². The molecule has 0 bridgehead atoms. The Bertz CT molecular complexity index is 516. The number of ketones is 1. The summed E-state index contributed by atoms with van der Waals surface area (Å²) in [6.45, 7) is 2.70. The molecule has 3 nitrogen and oxygen atoms in total. The molecule has 0 aliphatic heterocycles. The maximum Gasteiger partial charge on any atom is 0.170 e. The number of benzene rings is 1. The lowest BCUT2D eigenvalue weighted by molar-refractivity contribution is 0.0993. The van der Waals surface area contributed by atoms with Gasteiger partial charge in [0.1, 0.15) is 5.82 Å². The summed E-state index contributed by atoms with van der Waals surface area (Å²) in [5.74, 6) is -0.295. The monoisotopic (exact) mass is 232 g/mol. The Balaban J connectivity index is 2.08. The number of carbonyl (C=O) groups excluding carboxylic acids is 1. The predicted molar refractivity (Wildman–Crippen MR) is 62.3 cm³/mol. The first-order valence-electron chi connectivity index (χ1n) is 5.49. The van der Waals surface area contributed by atoms with Crippen molar-refractivity contribution in [2.24, 2.45) is 0 Å². The molecule has 1 heterocycles. The Morgan fingerprint density at radius 1 is 1.35 bits per heavy atom. The van der Waals surface area contributed by atoms with E-state index in [2.05, 4.69) is 5.10 Å². The first kappa shape index (κ1) is 11.5. The molecule has 0 N–H and O–H groups in total. The smallest absolute Gasteiger partial charge is 0.170 e. The normalized spacial score (nSPS) is 10.5. The second-order valence-corrected chi connectivity index (χ2v) is 3.81. The number of hydrogen-bond donors (Lipinski definition) is 0. The number of aromatic nitrogens is 2. The van der Waals surface area contributed by atoms with E-state index in [4.69, 9.17) is 0 Å². The molecular formula is C13H13FN2O. The van der Waals surface area contributed by atoms with Gasteiger partial charge in [0.15, 0.2) is 5.78 Å². The van der Waals surface area contributed by atoms with Gasteiger partial charge in [0.2, 0.25) is 0 Å². The van der Waals surface area contributed by atoms with E-state index in [-0.39, 0.29) is 18.0 Å². The summed E-state index contributed by atoms with van der Waals surface area (Å²) in [6, 6.07) is 5.96. The molecule has 0 spiro atoms. The van der Waals surface area contributed by atoms with Crippen LogP contribution in [0.15, 0.2) is 36.7 Å². The van der Waals surface area contributed by atoms with Gasteiger partial charge in [-0.15, -0.1) is 0 Å². The second kappa shape index (κ2) is 4.91. The minimum Gasteiger partial charge on any atom is -0.294 e. The van der Waals surface area contributed by atoms with Gasteiger partial charge < -0.3 is 0 Å². The van der Waals surface area contributed by atoms with Crippen LogP contribution < -0.4 is 0 Å². The minimum atomic E-state index is -0.292. The molecule has 0 fully saturated rings. The van der Waals surface area contributed by atoms with E-state index >= 15 is 0 Å². The lowest BCUT2D eigenvalue weighted by Gasteiger charge is -1.98. The summed E-state index contributed by atoms with van der Waals surface area (Å²) in [6.07, 6.45) is 3.57. The molecule has 0 amide bonds. The highest BCUT2D eigenvalue weighted by molar-refractivity contribution is 5.97. The Kier molecular flexibility index (Phi) is 3.32. The van der Waals surface area contributed by atoms with E-state index in [0.717, 1.165) is 12.1 Å². The SMILES string of the molecule is CCn1cc(C(=O)Cc2ccc(F)cc2)cn1. The number of hydrogen-bond acceptors (Lipinski definition) is 2. The molecule has 0 aliphatic carbocycles. The van der Waals surface area contributed by atoms with Gasteiger partial charge in [0.05, 0.1) is 11.8 Å². The van der Waals surface area contributed by atoms with Gasteiger partial charge in [-0.1, -0.05) is 12.1 Å². The first-order chi connectivity index (χ1) is 8.19. The number of rotatable bonds is 4. The Morgan fingerprint density at radius 2 is 2.06 bits per heavy atom. The summed E-state index contributed by atoms with van der Waals surface area (Å²) in [7, 11) is 0. The van der Waals surface area contributed by atoms with Gasteiger partial charge in [-0.05, 0) is 24.6 Å². The van der Waals surface area contributed by atoms with Crippen molar-refractivity contribution in [3.05, 3.63) is 53.6 Å². The Morgan fingerprint density at radius 3 is 2.65 bits per heavy atom. The van der Waals surface area contributed by atoms with Gasteiger partial charge in [0, 0.05) is 19.2 Å². The van der Waals surface area contributed by atoms with Crippen LogP contribution in [0.2, 0.25) is 0 Å². The first-order valence-corrected chi connectivity index (χ1v) is 5.49. The number of aryl methyl sites for hydroxylation is 1. The third-order valence-corrected chi connectivity index (χ3v) is 2.56. The average Bonchev–Trinajstić information content (AvgIpc) is 2.81. The fourth-order valence-corrected chi connectivity index (χ4v) is 1.57. The van der Waals surface area contributed by atoms with Crippen molar-refractivity contribution < 1.29 is 9.18 Å². The van der Waals surface area contributed by atoms with E-state index in [1.165, 1.54) is 12.1 Å². The zero-order chi connectivity index (χ0) is 12.3. The Hall–Kier alpha value is -1.97. The highest BCUT2D eigenvalue weighted by Gasteiger charge is 2.09. The van der Waals surface area contributed by atoms with Crippen LogP contribution in [0.3, 0.4) is 0 Å². The van der Waals surface area contributed by atoms with E-state index in [1.807, 2.05) is 6.92 Å². The van der Waals surface area contributed by atoms with Gasteiger partial charge in [-0.25, -0.2) is 4.39 Å². The molecule has 0 saturated heterocycles. The average molecular weight is 232 g/mol. The molecule has 0 aliphatic rings. The summed E-state index contributed by atoms with van der Waals surface area (Å²) < 4.78 is 14.4. The van der Waals surface area contributed by atoms with E-state index < -0.39 is 0 Å². The molecule has 1 aromatic carbocycles. The van der Waals surface area contributed by atoms with Crippen LogP contribution in [0.1, 0.15) is 22.8 Å². The highest BCUT2D eigenvalue weighted by Crippen LogP contribution is 2.08. The van der Waals surface area contributed by atoms with Crippen molar-refractivity contribution in [3.63, 3.8) is 0 Å². The molecular weight excluding hydrogens is 219 g/mol. The molecule has 88 valence electrons. The molecule has 4 heteroatoms. The van der Waals surface area contributed by atoms with Crippen molar-refractivity contribution in [2.75, 3.05) is 0 Å². The predicted octanol–water partition coefficient (Wildman–Crippen LogP) is 2.47. The second-order valence-electron chi connectivity index (χ2n) is 3.81. The van der Waals surface area contributed by atoms with Crippen molar-refractivity contribution in [2.45, 2.75) is 19.9 Å². The lowest BCUT2D eigenvalue weighted by atomic mass is 10.1. The van der Waals surface area contributed by atoms with E-state index in [0.29, 0.717) is 5.56 Å².